The smallest absolute Gasteiger partial charge is 0.259 e. The number of amides is 1. The first-order valence-electron chi connectivity index (χ1n) is 9.26. The Balaban J connectivity index is 1.65. The Labute approximate surface area is 172 Å². The molecule has 1 N–H and O–H groups in total. The molecular weight excluding hydrogens is 382 g/mol. The van der Waals surface area contributed by atoms with Gasteiger partial charge in [0.05, 0.1) is 25.2 Å². The highest BCUT2D eigenvalue weighted by atomic mass is 16.5. The first-order chi connectivity index (χ1) is 14.6. The van der Waals surface area contributed by atoms with Crippen LogP contribution >= 0.6 is 0 Å². The second-order valence-corrected chi connectivity index (χ2v) is 6.57. The zero-order chi connectivity index (χ0) is 21.1. The van der Waals surface area contributed by atoms with E-state index in [4.69, 9.17) is 13.9 Å². The van der Waals surface area contributed by atoms with E-state index in [1.165, 1.54) is 13.2 Å². The Kier molecular flexibility index (Phi) is 5.22. The van der Waals surface area contributed by atoms with Gasteiger partial charge in [-0.05, 0) is 54.6 Å². The highest BCUT2D eigenvalue weighted by Crippen LogP contribution is 2.26. The molecule has 1 amide bonds. The van der Waals surface area contributed by atoms with E-state index in [0.717, 1.165) is 11.3 Å². The lowest BCUT2D eigenvalue weighted by Crippen LogP contribution is -2.13. The first kappa shape index (κ1) is 19.3. The van der Waals surface area contributed by atoms with Gasteiger partial charge in [-0.15, -0.1) is 0 Å². The Morgan fingerprint density at radius 3 is 2.40 bits per heavy atom. The van der Waals surface area contributed by atoms with Crippen molar-refractivity contribution in [2.45, 2.75) is 0 Å². The van der Waals surface area contributed by atoms with Gasteiger partial charge in [-0.25, -0.2) is 0 Å². The number of ether oxygens (including phenoxy) is 2. The molecule has 0 aliphatic carbocycles. The molecule has 6 heteroatoms. The maximum atomic E-state index is 12.7. The number of carbonyl (C=O) groups is 1. The van der Waals surface area contributed by atoms with Crippen molar-refractivity contribution in [3.05, 3.63) is 88.6 Å². The number of methoxy groups -OCH3 is 2. The molecule has 1 aromatic heterocycles. The Hall–Kier alpha value is -4.06. The number of para-hydroxylation sites is 1. The van der Waals surface area contributed by atoms with Crippen LogP contribution in [0, 0.1) is 0 Å². The highest BCUT2D eigenvalue weighted by molar-refractivity contribution is 6.06. The van der Waals surface area contributed by atoms with Gasteiger partial charge in [0.15, 0.2) is 5.43 Å². The monoisotopic (exact) mass is 401 g/mol. The second-order valence-electron chi connectivity index (χ2n) is 6.57. The van der Waals surface area contributed by atoms with E-state index >= 15 is 0 Å². The number of hydrogen-bond donors (Lipinski definition) is 1. The molecule has 0 atom stereocenters. The minimum atomic E-state index is -0.328. The van der Waals surface area contributed by atoms with Crippen molar-refractivity contribution in [1.29, 1.82) is 0 Å². The van der Waals surface area contributed by atoms with Crippen LogP contribution in [0.3, 0.4) is 0 Å². The van der Waals surface area contributed by atoms with E-state index in [1.807, 2.05) is 12.1 Å². The van der Waals surface area contributed by atoms with Crippen molar-refractivity contribution in [3.63, 3.8) is 0 Å². The molecule has 0 aliphatic heterocycles. The van der Waals surface area contributed by atoms with E-state index in [2.05, 4.69) is 5.32 Å². The predicted octanol–water partition coefficient (Wildman–Crippen LogP) is 4.73. The minimum absolute atomic E-state index is 0.199. The third-order valence-electron chi connectivity index (χ3n) is 4.71. The average molecular weight is 401 g/mol. The zero-order valence-electron chi connectivity index (χ0n) is 16.5. The van der Waals surface area contributed by atoms with Crippen LogP contribution < -0.4 is 20.2 Å². The molecule has 0 saturated heterocycles. The molecular formula is C24H19NO5. The van der Waals surface area contributed by atoms with Crippen LogP contribution in [-0.4, -0.2) is 20.1 Å². The lowest BCUT2D eigenvalue weighted by atomic mass is 10.1. The number of carbonyl (C=O) groups excluding carboxylic acids is 1. The van der Waals surface area contributed by atoms with Gasteiger partial charge in [-0.1, -0.05) is 12.1 Å². The van der Waals surface area contributed by atoms with E-state index in [-0.39, 0.29) is 11.3 Å². The third-order valence-corrected chi connectivity index (χ3v) is 4.71. The summed E-state index contributed by atoms with van der Waals surface area (Å²) >= 11 is 0. The van der Waals surface area contributed by atoms with Gasteiger partial charge in [0, 0.05) is 17.3 Å². The first-order valence-corrected chi connectivity index (χ1v) is 9.26. The quantitative estimate of drug-likeness (QED) is 0.523. The largest absolute Gasteiger partial charge is 0.497 e. The van der Waals surface area contributed by atoms with Gasteiger partial charge in [0.2, 0.25) is 0 Å². The van der Waals surface area contributed by atoms with E-state index in [1.54, 1.807) is 61.7 Å². The molecule has 0 radical (unpaired) electrons. The molecule has 0 bridgehead atoms. The fraction of sp³-hybridized carbons (Fsp3) is 0.0833. The van der Waals surface area contributed by atoms with Crippen molar-refractivity contribution in [1.82, 2.24) is 0 Å². The van der Waals surface area contributed by atoms with Crippen LogP contribution in [0.1, 0.15) is 10.4 Å². The van der Waals surface area contributed by atoms with Gasteiger partial charge in [-0.3, -0.25) is 9.59 Å². The fourth-order valence-electron chi connectivity index (χ4n) is 3.16. The Morgan fingerprint density at radius 2 is 1.67 bits per heavy atom. The van der Waals surface area contributed by atoms with Gasteiger partial charge < -0.3 is 19.2 Å². The van der Waals surface area contributed by atoms with Crippen molar-refractivity contribution >= 4 is 22.6 Å². The summed E-state index contributed by atoms with van der Waals surface area (Å²) in [6.45, 7) is 0. The number of anilines is 1. The highest BCUT2D eigenvalue weighted by Gasteiger charge is 2.13. The van der Waals surface area contributed by atoms with Crippen molar-refractivity contribution in [3.8, 4) is 22.8 Å². The summed E-state index contributed by atoms with van der Waals surface area (Å²) in [4.78, 5) is 25.3. The Morgan fingerprint density at radius 1 is 0.900 bits per heavy atom. The number of fused-ring (bicyclic) bond motifs is 1. The lowest BCUT2D eigenvalue weighted by Gasteiger charge is -2.10. The van der Waals surface area contributed by atoms with E-state index in [0.29, 0.717) is 33.7 Å². The molecule has 1 heterocycles. The molecule has 6 nitrogen and oxygen atoms in total. The van der Waals surface area contributed by atoms with E-state index < -0.39 is 0 Å². The molecule has 4 aromatic rings. The van der Waals surface area contributed by atoms with Gasteiger partial charge in [0.1, 0.15) is 22.8 Å². The fourth-order valence-corrected chi connectivity index (χ4v) is 3.16. The number of nitrogens with one attached hydrogen (secondary N) is 1. The summed E-state index contributed by atoms with van der Waals surface area (Å²) in [5.41, 5.74) is 1.90. The van der Waals surface area contributed by atoms with Gasteiger partial charge in [0.25, 0.3) is 5.91 Å². The maximum Gasteiger partial charge on any atom is 0.259 e. The van der Waals surface area contributed by atoms with Crippen LogP contribution in [0.5, 0.6) is 11.5 Å². The zero-order valence-corrected chi connectivity index (χ0v) is 16.5. The van der Waals surface area contributed by atoms with Crippen LogP contribution in [-0.2, 0) is 0 Å². The molecule has 0 spiro atoms. The summed E-state index contributed by atoms with van der Waals surface area (Å²) in [6, 6.07) is 20.6. The lowest BCUT2D eigenvalue weighted by molar-refractivity contribution is 0.102. The van der Waals surface area contributed by atoms with Crippen molar-refractivity contribution < 1.29 is 18.7 Å². The maximum absolute atomic E-state index is 12.7. The van der Waals surface area contributed by atoms with Crippen molar-refractivity contribution in [2.75, 3.05) is 19.5 Å². The summed E-state index contributed by atoms with van der Waals surface area (Å²) in [5, 5.41) is 3.18. The average Bonchev–Trinajstić information content (AvgIpc) is 2.79. The second kappa shape index (κ2) is 8.13. The normalized spacial score (nSPS) is 10.6. The summed E-state index contributed by atoms with van der Waals surface area (Å²) in [5.74, 6) is 1.32. The molecule has 0 aliphatic rings. The molecule has 4 rings (SSSR count). The van der Waals surface area contributed by atoms with E-state index in [9.17, 15) is 9.59 Å². The molecule has 30 heavy (non-hydrogen) atoms. The summed E-state index contributed by atoms with van der Waals surface area (Å²) in [7, 11) is 3.10. The van der Waals surface area contributed by atoms with Crippen molar-refractivity contribution in [2.24, 2.45) is 0 Å². The minimum Gasteiger partial charge on any atom is -0.497 e. The van der Waals surface area contributed by atoms with Crippen LogP contribution in [0.4, 0.5) is 5.69 Å². The number of rotatable bonds is 5. The predicted molar refractivity (Wildman–Crippen MR) is 115 cm³/mol. The topological polar surface area (TPSA) is 77.8 Å². The van der Waals surface area contributed by atoms with Crippen LogP contribution in [0.25, 0.3) is 22.3 Å². The number of benzene rings is 3. The summed E-state index contributed by atoms with van der Waals surface area (Å²) in [6.07, 6.45) is 0. The third kappa shape index (κ3) is 3.75. The molecule has 3 aromatic carbocycles. The standard InChI is InChI=1S/C24H19NO5/c1-28-17-10-7-15(8-11-17)23-14-20(26)19-13-16(9-12-22(19)30-23)25-24(27)18-5-3-4-6-21(18)29-2/h3-14H,1-2H3,(H,25,27). The summed E-state index contributed by atoms with van der Waals surface area (Å²) < 4.78 is 16.3. The molecule has 0 fully saturated rings. The van der Waals surface area contributed by atoms with Crippen LogP contribution in [0.2, 0.25) is 0 Å². The SMILES string of the molecule is COc1ccc(-c2cc(=O)c3cc(NC(=O)c4ccccc4OC)ccc3o2)cc1. The van der Waals surface area contributed by atoms with Crippen LogP contribution in [0.15, 0.2) is 82.0 Å². The molecule has 150 valence electrons. The molecule has 0 unspecified atom stereocenters. The van der Waals surface area contributed by atoms with Gasteiger partial charge >= 0.3 is 0 Å². The number of hydrogen-bond acceptors (Lipinski definition) is 5. The Bertz CT molecular complexity index is 1280. The van der Waals surface area contributed by atoms with Gasteiger partial charge in [-0.2, -0.15) is 0 Å². The molecule has 0 saturated carbocycles.